The van der Waals surface area contributed by atoms with Crippen LogP contribution < -0.4 is 10.1 Å². The number of nitrogens with zero attached hydrogens (tertiary/aromatic N) is 3. The second-order valence-corrected chi connectivity index (χ2v) is 12.2. The third-order valence-electron chi connectivity index (χ3n) is 6.98. The molecule has 4 atom stereocenters. The van der Waals surface area contributed by atoms with Gasteiger partial charge in [0, 0.05) is 41.8 Å². The maximum atomic E-state index is 12.4. The zero-order valence-corrected chi connectivity index (χ0v) is 23.7. The molecule has 0 bridgehead atoms. The first kappa shape index (κ1) is 29.2. The first-order valence-electron chi connectivity index (χ1n) is 13.0. The van der Waals surface area contributed by atoms with E-state index in [9.17, 15) is 14.3 Å². The van der Waals surface area contributed by atoms with Crippen LogP contribution >= 0.6 is 0 Å². The summed E-state index contributed by atoms with van der Waals surface area (Å²) < 4.78 is 26.1. The quantitative estimate of drug-likeness (QED) is 0.213. The molecule has 0 radical (unpaired) electrons. The van der Waals surface area contributed by atoms with Gasteiger partial charge >= 0.3 is 0 Å². The van der Waals surface area contributed by atoms with Crippen LogP contribution in [0.25, 0.3) is 0 Å². The highest BCUT2D eigenvalue weighted by Gasteiger charge is 2.32. The predicted molar refractivity (Wildman–Crippen MR) is 151 cm³/mol. The van der Waals surface area contributed by atoms with Crippen LogP contribution in [0.15, 0.2) is 53.4 Å². The lowest BCUT2D eigenvalue weighted by atomic mass is 10.0. The fraction of sp³-hybridized carbons (Fsp3) is 0.429. The van der Waals surface area contributed by atoms with Crippen molar-refractivity contribution in [1.29, 1.82) is 0 Å². The van der Waals surface area contributed by atoms with Crippen LogP contribution in [0.5, 0.6) is 5.75 Å². The fourth-order valence-electron chi connectivity index (χ4n) is 5.10. The highest BCUT2D eigenvalue weighted by molar-refractivity contribution is 7.85. The van der Waals surface area contributed by atoms with Crippen molar-refractivity contribution in [2.24, 2.45) is 0 Å². The summed E-state index contributed by atoms with van der Waals surface area (Å²) in [5, 5.41) is 26.3. The van der Waals surface area contributed by atoms with Gasteiger partial charge in [0.25, 0.3) is 12.2 Å². The van der Waals surface area contributed by atoms with Crippen LogP contribution in [0.4, 0.5) is 17.2 Å². The molecule has 12 heteroatoms. The van der Waals surface area contributed by atoms with Crippen molar-refractivity contribution in [2.45, 2.75) is 68.6 Å². The standard InChI is InChI=1S/C27H32N4O5S.CH2O2/c1-27(2,3)30-26(28-18-6-12-25-22(14-18)24(35-4)16-37(25)34)15-23(29-30)17-5-9-21(13-17)36-20-10-7-19(8-11-20)31(32)33;2-1-3/h6-8,10-12,14-15,17,21,24,28H,5,9,13,16H2,1-4H3;1H,(H,2,3). The number of fused-ring (bicyclic) bond motifs is 1. The molecule has 0 saturated heterocycles. The lowest BCUT2D eigenvalue weighted by Gasteiger charge is -2.23. The normalized spacial score (nSPS) is 21.7. The van der Waals surface area contributed by atoms with Crippen LogP contribution in [-0.4, -0.2) is 49.5 Å². The summed E-state index contributed by atoms with van der Waals surface area (Å²) in [6, 6.07) is 14.3. The van der Waals surface area contributed by atoms with E-state index in [4.69, 9.17) is 24.5 Å². The summed E-state index contributed by atoms with van der Waals surface area (Å²) >= 11 is 0. The Hall–Kier alpha value is -3.77. The van der Waals surface area contributed by atoms with Gasteiger partial charge in [-0.2, -0.15) is 5.10 Å². The second kappa shape index (κ2) is 12.2. The molecule has 40 heavy (non-hydrogen) atoms. The van der Waals surface area contributed by atoms with E-state index in [1.165, 1.54) is 12.1 Å². The molecule has 1 aliphatic carbocycles. The van der Waals surface area contributed by atoms with Gasteiger partial charge in [0.1, 0.15) is 11.6 Å². The Balaban J connectivity index is 0.00000118. The second-order valence-electron chi connectivity index (χ2n) is 10.8. The van der Waals surface area contributed by atoms with E-state index in [0.717, 1.165) is 46.9 Å². The van der Waals surface area contributed by atoms with E-state index in [-0.39, 0.29) is 35.8 Å². The van der Waals surface area contributed by atoms with Crippen LogP contribution in [0.3, 0.4) is 0 Å². The number of carbonyl (C=O) groups is 1. The molecule has 1 saturated carbocycles. The monoisotopic (exact) mass is 570 g/mol. The molecule has 2 aromatic carbocycles. The Kier molecular flexibility index (Phi) is 8.89. The van der Waals surface area contributed by atoms with Gasteiger partial charge in [0.15, 0.2) is 0 Å². The zero-order valence-electron chi connectivity index (χ0n) is 22.9. The maximum absolute atomic E-state index is 12.4. The molecule has 2 N–H and O–H groups in total. The summed E-state index contributed by atoms with van der Waals surface area (Å²) in [6.45, 7) is 6.12. The van der Waals surface area contributed by atoms with Crippen molar-refractivity contribution < 1.29 is 28.5 Å². The first-order chi connectivity index (χ1) is 19.0. The number of carboxylic acid groups (broad SMARTS) is 1. The number of nitro groups is 1. The molecule has 1 fully saturated rings. The third kappa shape index (κ3) is 6.50. The number of ether oxygens (including phenoxy) is 2. The van der Waals surface area contributed by atoms with Gasteiger partial charge in [0.2, 0.25) is 0 Å². The van der Waals surface area contributed by atoms with Crippen molar-refractivity contribution in [1.82, 2.24) is 9.78 Å². The minimum Gasteiger partial charge on any atom is -0.490 e. The van der Waals surface area contributed by atoms with Gasteiger partial charge in [-0.05, 0) is 75.9 Å². The maximum Gasteiger partial charge on any atom is 0.290 e. The minimum absolute atomic E-state index is 0.0335. The van der Waals surface area contributed by atoms with Gasteiger partial charge in [-0.15, -0.1) is 0 Å². The molecule has 4 unspecified atom stereocenters. The molecule has 1 aromatic heterocycles. The highest BCUT2D eigenvalue weighted by Crippen LogP contribution is 2.39. The van der Waals surface area contributed by atoms with Crippen molar-refractivity contribution >= 4 is 34.5 Å². The molecule has 0 amide bonds. The van der Waals surface area contributed by atoms with Crippen LogP contribution in [0.2, 0.25) is 0 Å². The lowest BCUT2D eigenvalue weighted by molar-refractivity contribution is -0.384. The average molecular weight is 571 g/mol. The van der Waals surface area contributed by atoms with E-state index in [2.05, 4.69) is 32.2 Å². The number of nitro benzene ring substituents is 1. The smallest absolute Gasteiger partial charge is 0.290 e. The Morgan fingerprint density at radius 2 is 1.88 bits per heavy atom. The number of aromatic nitrogens is 2. The number of methoxy groups -OCH3 is 1. The molecule has 0 spiro atoms. The van der Waals surface area contributed by atoms with Gasteiger partial charge in [-0.3, -0.25) is 19.1 Å². The van der Waals surface area contributed by atoms with E-state index >= 15 is 0 Å². The Bertz CT molecular complexity index is 1380. The average Bonchev–Trinajstić information content (AvgIpc) is 3.62. The van der Waals surface area contributed by atoms with E-state index in [1.54, 1.807) is 19.2 Å². The summed E-state index contributed by atoms with van der Waals surface area (Å²) in [4.78, 5) is 19.7. The van der Waals surface area contributed by atoms with Gasteiger partial charge in [-0.1, -0.05) is 0 Å². The summed E-state index contributed by atoms with van der Waals surface area (Å²) in [5.41, 5.74) is 2.71. The summed E-state index contributed by atoms with van der Waals surface area (Å²) in [5.74, 6) is 2.29. The Morgan fingerprint density at radius 3 is 2.50 bits per heavy atom. The molecule has 3 aromatic rings. The lowest BCUT2D eigenvalue weighted by Crippen LogP contribution is -2.24. The molecule has 2 aliphatic rings. The molecule has 11 nitrogen and oxygen atoms in total. The molecule has 5 rings (SSSR count). The number of rotatable bonds is 7. The molecule has 1 aliphatic heterocycles. The summed E-state index contributed by atoms with van der Waals surface area (Å²) in [7, 11) is 0.619. The van der Waals surface area contributed by atoms with Crippen LogP contribution in [-0.2, 0) is 25.9 Å². The number of hydrogen-bond donors (Lipinski definition) is 2. The summed E-state index contributed by atoms with van der Waals surface area (Å²) in [6.07, 6.45) is 2.56. The number of nitrogens with one attached hydrogen (secondary N) is 1. The molecule has 214 valence electrons. The molecular weight excluding hydrogens is 536 g/mol. The third-order valence-corrected chi connectivity index (χ3v) is 8.45. The Morgan fingerprint density at radius 1 is 1.18 bits per heavy atom. The highest BCUT2D eigenvalue weighted by atomic mass is 32.2. The van der Waals surface area contributed by atoms with Crippen molar-refractivity contribution in [2.75, 3.05) is 18.2 Å². The molecular formula is C28H34N4O7S. The number of non-ortho nitro benzene ring substituents is 1. The fourth-order valence-corrected chi connectivity index (χ4v) is 6.54. The van der Waals surface area contributed by atoms with Crippen LogP contribution in [0.1, 0.15) is 63.3 Å². The number of anilines is 2. The van der Waals surface area contributed by atoms with Crippen molar-refractivity contribution in [3.63, 3.8) is 0 Å². The van der Waals surface area contributed by atoms with E-state index < -0.39 is 15.7 Å². The van der Waals surface area contributed by atoms with Gasteiger partial charge < -0.3 is 19.9 Å². The minimum atomic E-state index is -1.03. The van der Waals surface area contributed by atoms with E-state index in [0.29, 0.717) is 11.5 Å². The SMILES string of the molecule is COC1CS(=O)c2ccc(Nc3cc(C4CCC(Oc5ccc([N+](=O)[O-])cc5)C4)nn3C(C)(C)C)cc21.O=CO. The predicted octanol–water partition coefficient (Wildman–Crippen LogP) is 5.51. The largest absolute Gasteiger partial charge is 0.490 e. The number of hydrogen-bond acceptors (Lipinski definition) is 8. The van der Waals surface area contributed by atoms with Crippen LogP contribution in [0, 0.1) is 10.1 Å². The van der Waals surface area contributed by atoms with Crippen molar-refractivity contribution in [3.05, 3.63) is 69.9 Å². The molecule has 2 heterocycles. The Labute approximate surface area is 235 Å². The van der Waals surface area contributed by atoms with Gasteiger partial charge in [-0.25, -0.2) is 4.68 Å². The number of benzene rings is 2. The topological polar surface area (TPSA) is 146 Å². The zero-order chi connectivity index (χ0) is 29.0. The first-order valence-corrected chi connectivity index (χ1v) is 14.3. The van der Waals surface area contributed by atoms with E-state index in [1.807, 2.05) is 22.9 Å². The van der Waals surface area contributed by atoms with Crippen molar-refractivity contribution in [3.8, 4) is 5.75 Å². The van der Waals surface area contributed by atoms with Gasteiger partial charge in [0.05, 0.1) is 44.9 Å².